The van der Waals surface area contributed by atoms with Crippen LogP contribution in [0.2, 0.25) is 0 Å². The second kappa shape index (κ2) is 9.72. The van der Waals surface area contributed by atoms with E-state index in [0.29, 0.717) is 24.7 Å². The molecule has 0 aromatic carbocycles. The normalized spacial score (nSPS) is 23.1. The van der Waals surface area contributed by atoms with Gasteiger partial charge in [0.15, 0.2) is 0 Å². The van der Waals surface area contributed by atoms with Gasteiger partial charge in [0, 0.05) is 13.2 Å². The summed E-state index contributed by atoms with van der Waals surface area (Å²) in [6, 6.07) is 0. The van der Waals surface area contributed by atoms with Crippen LogP contribution in [-0.2, 0) is 14.2 Å². The van der Waals surface area contributed by atoms with Crippen molar-refractivity contribution in [2.45, 2.75) is 65.1 Å². The summed E-state index contributed by atoms with van der Waals surface area (Å²) in [5.74, 6) is 0. The summed E-state index contributed by atoms with van der Waals surface area (Å²) >= 11 is 0. The molecule has 0 amide bonds. The maximum Gasteiger partial charge on any atom is 0.0805 e. The first-order valence-corrected chi connectivity index (χ1v) is 8.08. The number of hydrogen-bond donors (Lipinski definition) is 1. The minimum Gasteiger partial charge on any atom is -0.394 e. The monoisotopic (exact) mass is 288 g/mol. The molecule has 120 valence electrons. The Labute approximate surface area is 123 Å². The van der Waals surface area contributed by atoms with Gasteiger partial charge in [-0.15, -0.1) is 0 Å². The minimum atomic E-state index is 0.0761. The van der Waals surface area contributed by atoms with Gasteiger partial charge in [-0.25, -0.2) is 0 Å². The molecule has 4 heteroatoms. The topological polar surface area (TPSA) is 47.9 Å². The standard InChI is InChI=1S/C16H32O4/c1-4-14(13-18-12-9-17)19-10-6-8-16(3,5-2)15-7-11-20-15/h14-15,17H,4-13H2,1-3H3. The Balaban J connectivity index is 2.15. The van der Waals surface area contributed by atoms with Crippen molar-refractivity contribution in [1.29, 1.82) is 0 Å². The van der Waals surface area contributed by atoms with Crippen LogP contribution < -0.4 is 0 Å². The number of aliphatic hydroxyl groups excluding tert-OH is 1. The summed E-state index contributed by atoms with van der Waals surface area (Å²) in [5, 5.41) is 8.69. The largest absolute Gasteiger partial charge is 0.394 e. The Bertz CT molecular complexity index is 243. The molecule has 1 fully saturated rings. The molecule has 1 aliphatic heterocycles. The van der Waals surface area contributed by atoms with E-state index in [4.69, 9.17) is 19.3 Å². The van der Waals surface area contributed by atoms with Gasteiger partial charge in [0.25, 0.3) is 0 Å². The molecule has 20 heavy (non-hydrogen) atoms. The molecule has 0 bridgehead atoms. The van der Waals surface area contributed by atoms with E-state index in [1.165, 1.54) is 6.42 Å². The highest BCUT2D eigenvalue weighted by Gasteiger charge is 2.37. The molecule has 0 radical (unpaired) electrons. The van der Waals surface area contributed by atoms with Gasteiger partial charge in [-0.2, -0.15) is 0 Å². The molecule has 3 unspecified atom stereocenters. The minimum absolute atomic E-state index is 0.0761. The molecule has 0 spiro atoms. The summed E-state index contributed by atoms with van der Waals surface area (Å²) in [5.41, 5.74) is 0.302. The third-order valence-corrected chi connectivity index (χ3v) is 4.52. The lowest BCUT2D eigenvalue weighted by Gasteiger charge is -2.42. The smallest absolute Gasteiger partial charge is 0.0805 e. The van der Waals surface area contributed by atoms with E-state index in [1.807, 2.05) is 0 Å². The maximum atomic E-state index is 8.69. The molecule has 1 saturated heterocycles. The fraction of sp³-hybridized carbons (Fsp3) is 1.00. The second-order valence-corrected chi connectivity index (χ2v) is 5.96. The van der Waals surface area contributed by atoms with Crippen LogP contribution in [0.25, 0.3) is 0 Å². The van der Waals surface area contributed by atoms with Crippen molar-refractivity contribution in [1.82, 2.24) is 0 Å². The Hall–Kier alpha value is -0.160. The summed E-state index contributed by atoms with van der Waals surface area (Å²) in [4.78, 5) is 0. The highest BCUT2D eigenvalue weighted by atomic mass is 16.5. The highest BCUT2D eigenvalue weighted by molar-refractivity contribution is 4.86. The van der Waals surface area contributed by atoms with Gasteiger partial charge in [-0.3, -0.25) is 0 Å². The zero-order valence-corrected chi connectivity index (χ0v) is 13.4. The fourth-order valence-electron chi connectivity index (χ4n) is 2.64. The molecule has 0 saturated carbocycles. The van der Waals surface area contributed by atoms with Crippen LogP contribution in [0.5, 0.6) is 0 Å². The van der Waals surface area contributed by atoms with Crippen LogP contribution in [-0.4, -0.2) is 50.3 Å². The van der Waals surface area contributed by atoms with Gasteiger partial charge in [-0.05, 0) is 37.5 Å². The average Bonchev–Trinajstić information content (AvgIpc) is 2.39. The molecule has 3 atom stereocenters. The third-order valence-electron chi connectivity index (χ3n) is 4.52. The summed E-state index contributed by atoms with van der Waals surface area (Å²) in [6.45, 7) is 9.44. The quantitative estimate of drug-likeness (QED) is 0.561. The summed E-state index contributed by atoms with van der Waals surface area (Å²) < 4.78 is 16.9. The molecular formula is C16H32O4. The zero-order chi connectivity index (χ0) is 14.8. The van der Waals surface area contributed by atoms with E-state index in [9.17, 15) is 0 Å². The van der Waals surface area contributed by atoms with E-state index < -0.39 is 0 Å². The van der Waals surface area contributed by atoms with Crippen molar-refractivity contribution >= 4 is 0 Å². The summed E-state index contributed by atoms with van der Waals surface area (Å²) in [6.07, 6.45) is 6.13. The van der Waals surface area contributed by atoms with Crippen LogP contribution in [0, 0.1) is 5.41 Å². The molecule has 0 aromatic rings. The molecule has 4 nitrogen and oxygen atoms in total. The van der Waals surface area contributed by atoms with Crippen LogP contribution in [0.15, 0.2) is 0 Å². The van der Waals surface area contributed by atoms with Crippen molar-refractivity contribution in [2.75, 3.05) is 33.0 Å². The Morgan fingerprint density at radius 2 is 2.10 bits per heavy atom. The maximum absolute atomic E-state index is 8.69. The molecular weight excluding hydrogens is 256 g/mol. The lowest BCUT2D eigenvalue weighted by molar-refractivity contribution is -0.128. The molecule has 0 aliphatic carbocycles. The highest BCUT2D eigenvalue weighted by Crippen LogP contribution is 2.38. The van der Waals surface area contributed by atoms with E-state index in [2.05, 4.69) is 20.8 Å². The SMILES string of the molecule is CCC(COCCO)OCCCC(C)(CC)C1CCO1. The van der Waals surface area contributed by atoms with Gasteiger partial charge >= 0.3 is 0 Å². The van der Waals surface area contributed by atoms with E-state index in [-0.39, 0.29) is 12.7 Å². The van der Waals surface area contributed by atoms with Gasteiger partial charge in [-0.1, -0.05) is 20.8 Å². The molecule has 1 aliphatic rings. The fourth-order valence-corrected chi connectivity index (χ4v) is 2.64. The molecule has 1 heterocycles. The molecule has 1 N–H and O–H groups in total. The zero-order valence-electron chi connectivity index (χ0n) is 13.4. The Morgan fingerprint density at radius 3 is 2.60 bits per heavy atom. The van der Waals surface area contributed by atoms with E-state index in [1.54, 1.807) is 0 Å². The first kappa shape index (κ1) is 17.9. The van der Waals surface area contributed by atoms with Gasteiger partial charge in [0.05, 0.1) is 32.0 Å². The van der Waals surface area contributed by atoms with Gasteiger partial charge in [0.1, 0.15) is 0 Å². The van der Waals surface area contributed by atoms with Gasteiger partial charge < -0.3 is 19.3 Å². The Morgan fingerprint density at radius 1 is 1.35 bits per heavy atom. The second-order valence-electron chi connectivity index (χ2n) is 5.96. The third kappa shape index (κ3) is 5.68. The average molecular weight is 288 g/mol. The number of aliphatic hydroxyl groups is 1. The predicted molar refractivity (Wildman–Crippen MR) is 79.9 cm³/mol. The predicted octanol–water partition coefficient (Wildman–Crippen LogP) is 2.78. The lowest BCUT2D eigenvalue weighted by atomic mass is 9.75. The van der Waals surface area contributed by atoms with E-state index in [0.717, 1.165) is 38.9 Å². The number of hydrogen-bond acceptors (Lipinski definition) is 4. The van der Waals surface area contributed by atoms with Crippen molar-refractivity contribution in [2.24, 2.45) is 5.41 Å². The van der Waals surface area contributed by atoms with Crippen LogP contribution in [0.1, 0.15) is 52.9 Å². The van der Waals surface area contributed by atoms with E-state index >= 15 is 0 Å². The van der Waals surface area contributed by atoms with Crippen molar-refractivity contribution in [3.8, 4) is 0 Å². The van der Waals surface area contributed by atoms with Crippen LogP contribution in [0.3, 0.4) is 0 Å². The van der Waals surface area contributed by atoms with Gasteiger partial charge in [0.2, 0.25) is 0 Å². The van der Waals surface area contributed by atoms with Crippen LogP contribution in [0.4, 0.5) is 0 Å². The molecule has 0 aromatic heterocycles. The van der Waals surface area contributed by atoms with Crippen molar-refractivity contribution < 1.29 is 19.3 Å². The summed E-state index contributed by atoms with van der Waals surface area (Å²) in [7, 11) is 0. The molecule has 1 rings (SSSR count). The number of rotatable bonds is 12. The van der Waals surface area contributed by atoms with Crippen LogP contribution >= 0.6 is 0 Å². The lowest BCUT2D eigenvalue weighted by Crippen LogP contribution is -2.42. The first-order valence-electron chi connectivity index (χ1n) is 8.08. The first-order chi connectivity index (χ1) is 9.66. The Kier molecular flexibility index (Phi) is 8.69. The van der Waals surface area contributed by atoms with Crippen molar-refractivity contribution in [3.05, 3.63) is 0 Å². The number of ether oxygens (including phenoxy) is 3. The van der Waals surface area contributed by atoms with Crippen molar-refractivity contribution in [3.63, 3.8) is 0 Å².